The first-order valence-corrected chi connectivity index (χ1v) is 6.63. The Morgan fingerprint density at radius 2 is 2.18 bits per heavy atom. The SMILES string of the molecule is CCN(CCN1CCOCC1)C(=O)C1CCN1. The largest absolute Gasteiger partial charge is 0.379 e. The fraction of sp³-hybridized carbons (Fsp3) is 0.917. The lowest BCUT2D eigenvalue weighted by Gasteiger charge is -2.34. The molecule has 0 radical (unpaired) electrons. The number of morpholine rings is 1. The van der Waals surface area contributed by atoms with E-state index in [9.17, 15) is 4.79 Å². The molecule has 0 aromatic rings. The molecule has 0 bridgehead atoms. The fourth-order valence-electron chi connectivity index (χ4n) is 2.23. The van der Waals surface area contributed by atoms with E-state index in [-0.39, 0.29) is 11.9 Å². The molecule has 2 aliphatic heterocycles. The highest BCUT2D eigenvalue weighted by Gasteiger charge is 2.28. The summed E-state index contributed by atoms with van der Waals surface area (Å²) in [7, 11) is 0. The number of carbonyl (C=O) groups excluding carboxylic acids is 1. The van der Waals surface area contributed by atoms with E-state index in [0.717, 1.165) is 58.9 Å². The number of rotatable bonds is 5. The standard InChI is InChI=1S/C12H23N3O2/c1-2-15(12(16)11-3-4-13-11)6-5-14-7-9-17-10-8-14/h11,13H,2-10H2,1H3. The van der Waals surface area contributed by atoms with Crippen molar-refractivity contribution in [2.75, 3.05) is 52.5 Å². The Kier molecular flexibility index (Phi) is 4.76. The summed E-state index contributed by atoms with van der Waals surface area (Å²) in [5.41, 5.74) is 0. The third kappa shape index (κ3) is 3.40. The molecule has 1 unspecified atom stereocenters. The monoisotopic (exact) mass is 241 g/mol. The topological polar surface area (TPSA) is 44.8 Å². The van der Waals surface area contributed by atoms with E-state index >= 15 is 0 Å². The first kappa shape index (κ1) is 12.8. The van der Waals surface area contributed by atoms with Crippen molar-refractivity contribution in [2.24, 2.45) is 0 Å². The Hall–Kier alpha value is -0.650. The van der Waals surface area contributed by atoms with E-state index in [1.165, 1.54) is 0 Å². The smallest absolute Gasteiger partial charge is 0.239 e. The zero-order valence-corrected chi connectivity index (χ0v) is 10.7. The Morgan fingerprint density at radius 1 is 1.47 bits per heavy atom. The number of nitrogens with one attached hydrogen (secondary N) is 1. The van der Waals surface area contributed by atoms with Crippen LogP contribution in [0.15, 0.2) is 0 Å². The number of ether oxygens (including phenoxy) is 1. The lowest BCUT2D eigenvalue weighted by molar-refractivity contribution is -0.135. The second-order valence-corrected chi connectivity index (χ2v) is 4.67. The van der Waals surface area contributed by atoms with Crippen molar-refractivity contribution >= 4 is 5.91 Å². The van der Waals surface area contributed by atoms with Gasteiger partial charge in [-0.1, -0.05) is 0 Å². The summed E-state index contributed by atoms with van der Waals surface area (Å²) in [6, 6.07) is 0.0830. The number of hydrogen-bond acceptors (Lipinski definition) is 4. The quantitative estimate of drug-likeness (QED) is 0.707. The second kappa shape index (κ2) is 6.33. The van der Waals surface area contributed by atoms with Gasteiger partial charge in [-0.2, -0.15) is 0 Å². The summed E-state index contributed by atoms with van der Waals surface area (Å²) < 4.78 is 5.31. The molecule has 17 heavy (non-hydrogen) atoms. The van der Waals surface area contributed by atoms with Crippen LogP contribution in [0.5, 0.6) is 0 Å². The van der Waals surface area contributed by atoms with Gasteiger partial charge in [-0.3, -0.25) is 9.69 Å². The zero-order chi connectivity index (χ0) is 12.1. The number of amides is 1. The summed E-state index contributed by atoms with van der Waals surface area (Å²) in [6.45, 7) is 9.28. The highest BCUT2D eigenvalue weighted by molar-refractivity contribution is 5.82. The van der Waals surface area contributed by atoms with Gasteiger partial charge in [0.1, 0.15) is 0 Å². The Labute approximate surface area is 103 Å². The van der Waals surface area contributed by atoms with Gasteiger partial charge in [0.05, 0.1) is 19.3 Å². The number of nitrogens with zero attached hydrogens (tertiary/aromatic N) is 2. The summed E-state index contributed by atoms with van der Waals surface area (Å²) in [4.78, 5) is 16.4. The van der Waals surface area contributed by atoms with Crippen LogP contribution in [-0.4, -0.2) is 74.2 Å². The van der Waals surface area contributed by atoms with Gasteiger partial charge in [0.15, 0.2) is 0 Å². The normalized spacial score (nSPS) is 25.4. The maximum absolute atomic E-state index is 12.0. The minimum Gasteiger partial charge on any atom is -0.379 e. The molecule has 0 aromatic heterocycles. The third-order valence-electron chi connectivity index (χ3n) is 3.61. The van der Waals surface area contributed by atoms with Crippen molar-refractivity contribution in [3.8, 4) is 0 Å². The van der Waals surface area contributed by atoms with Crippen molar-refractivity contribution in [1.82, 2.24) is 15.1 Å². The van der Waals surface area contributed by atoms with Crippen LogP contribution in [0.1, 0.15) is 13.3 Å². The van der Waals surface area contributed by atoms with E-state index in [1.54, 1.807) is 0 Å². The van der Waals surface area contributed by atoms with Crippen molar-refractivity contribution in [3.05, 3.63) is 0 Å². The summed E-state index contributed by atoms with van der Waals surface area (Å²) in [5.74, 6) is 0.270. The number of hydrogen-bond donors (Lipinski definition) is 1. The average molecular weight is 241 g/mol. The predicted octanol–water partition coefficient (Wildman–Crippen LogP) is -0.471. The number of carbonyl (C=O) groups is 1. The molecule has 0 spiro atoms. The van der Waals surface area contributed by atoms with Gasteiger partial charge >= 0.3 is 0 Å². The highest BCUT2D eigenvalue weighted by atomic mass is 16.5. The van der Waals surface area contributed by atoms with Gasteiger partial charge in [-0.15, -0.1) is 0 Å². The molecule has 1 amide bonds. The van der Waals surface area contributed by atoms with Crippen molar-refractivity contribution in [1.29, 1.82) is 0 Å². The predicted molar refractivity (Wildman–Crippen MR) is 65.9 cm³/mol. The van der Waals surface area contributed by atoms with Crippen molar-refractivity contribution in [2.45, 2.75) is 19.4 Å². The van der Waals surface area contributed by atoms with E-state index in [1.807, 2.05) is 4.90 Å². The highest BCUT2D eigenvalue weighted by Crippen LogP contribution is 2.07. The lowest BCUT2D eigenvalue weighted by atomic mass is 10.1. The van der Waals surface area contributed by atoms with Gasteiger partial charge in [0, 0.05) is 32.7 Å². The molecule has 2 rings (SSSR count). The van der Waals surface area contributed by atoms with Crippen LogP contribution >= 0.6 is 0 Å². The third-order valence-corrected chi connectivity index (χ3v) is 3.61. The van der Waals surface area contributed by atoms with Gasteiger partial charge in [-0.05, 0) is 19.9 Å². The summed E-state index contributed by atoms with van der Waals surface area (Å²) in [5, 5.41) is 3.17. The van der Waals surface area contributed by atoms with Gasteiger partial charge in [0.25, 0.3) is 0 Å². The van der Waals surface area contributed by atoms with Crippen LogP contribution < -0.4 is 5.32 Å². The lowest BCUT2D eigenvalue weighted by Crippen LogP contribution is -2.55. The van der Waals surface area contributed by atoms with Crippen molar-refractivity contribution < 1.29 is 9.53 Å². The maximum Gasteiger partial charge on any atom is 0.239 e. The summed E-state index contributed by atoms with van der Waals surface area (Å²) in [6.07, 6.45) is 0.993. The van der Waals surface area contributed by atoms with Crippen LogP contribution in [0.4, 0.5) is 0 Å². The van der Waals surface area contributed by atoms with Gasteiger partial charge in [0.2, 0.25) is 5.91 Å². The van der Waals surface area contributed by atoms with E-state index in [4.69, 9.17) is 4.74 Å². The minimum atomic E-state index is 0.0830. The molecular weight excluding hydrogens is 218 g/mol. The molecule has 2 heterocycles. The molecule has 5 heteroatoms. The van der Waals surface area contributed by atoms with Crippen LogP contribution in [-0.2, 0) is 9.53 Å². The fourth-order valence-corrected chi connectivity index (χ4v) is 2.23. The Bertz CT molecular complexity index is 250. The number of likely N-dealkylation sites (N-methyl/N-ethyl adjacent to an activating group) is 1. The molecule has 0 aliphatic carbocycles. The first-order valence-electron chi connectivity index (χ1n) is 6.63. The van der Waals surface area contributed by atoms with Crippen LogP contribution in [0.2, 0.25) is 0 Å². The average Bonchev–Trinajstić information content (AvgIpc) is 2.29. The molecule has 2 fully saturated rings. The second-order valence-electron chi connectivity index (χ2n) is 4.67. The summed E-state index contributed by atoms with van der Waals surface area (Å²) >= 11 is 0. The molecule has 2 saturated heterocycles. The minimum absolute atomic E-state index is 0.0830. The van der Waals surface area contributed by atoms with Crippen molar-refractivity contribution in [3.63, 3.8) is 0 Å². The Morgan fingerprint density at radius 3 is 2.71 bits per heavy atom. The molecule has 5 nitrogen and oxygen atoms in total. The Balaban J connectivity index is 1.72. The van der Waals surface area contributed by atoms with Crippen LogP contribution in [0.3, 0.4) is 0 Å². The zero-order valence-electron chi connectivity index (χ0n) is 10.7. The van der Waals surface area contributed by atoms with Crippen LogP contribution in [0.25, 0.3) is 0 Å². The first-order chi connectivity index (χ1) is 8.31. The molecule has 1 atom stereocenters. The molecule has 98 valence electrons. The van der Waals surface area contributed by atoms with Gasteiger partial charge in [-0.25, -0.2) is 0 Å². The van der Waals surface area contributed by atoms with Gasteiger partial charge < -0.3 is 15.0 Å². The molecule has 0 aromatic carbocycles. The molecule has 1 N–H and O–H groups in total. The van der Waals surface area contributed by atoms with E-state index in [2.05, 4.69) is 17.1 Å². The molecule has 0 saturated carbocycles. The molecular formula is C12H23N3O2. The van der Waals surface area contributed by atoms with Crippen LogP contribution in [0, 0.1) is 0 Å². The maximum atomic E-state index is 12.0. The molecule has 2 aliphatic rings. The van der Waals surface area contributed by atoms with E-state index < -0.39 is 0 Å². The van der Waals surface area contributed by atoms with E-state index in [0.29, 0.717) is 0 Å².